The summed E-state index contributed by atoms with van der Waals surface area (Å²) in [6, 6.07) is 9.78. The summed E-state index contributed by atoms with van der Waals surface area (Å²) in [7, 11) is 2.21. The van der Waals surface area contributed by atoms with Gasteiger partial charge in [0.25, 0.3) is 0 Å². The van der Waals surface area contributed by atoms with E-state index in [9.17, 15) is 4.39 Å². The molecule has 0 aliphatic heterocycles. The van der Waals surface area contributed by atoms with E-state index in [1.165, 1.54) is 6.92 Å². The first kappa shape index (κ1) is 12.3. The van der Waals surface area contributed by atoms with Gasteiger partial charge in [-0.1, -0.05) is 39.6 Å². The van der Waals surface area contributed by atoms with Gasteiger partial charge in [0.2, 0.25) is 0 Å². The van der Waals surface area contributed by atoms with Gasteiger partial charge >= 0.3 is 0 Å². The van der Waals surface area contributed by atoms with Crippen molar-refractivity contribution in [2.24, 2.45) is 0 Å². The Kier molecular flexibility index (Phi) is 3.30. The number of nitrogens with zero attached hydrogens (tertiary/aromatic N) is 2. The van der Waals surface area contributed by atoms with Gasteiger partial charge in [-0.3, -0.25) is 4.68 Å². The lowest BCUT2D eigenvalue weighted by atomic mass is 10.0. The van der Waals surface area contributed by atoms with Crippen molar-refractivity contribution < 1.29 is 4.39 Å². The first-order valence-corrected chi connectivity index (χ1v) is 6.21. The van der Waals surface area contributed by atoms with Crippen LogP contribution >= 0.6 is 9.24 Å². The molecule has 0 bridgehead atoms. The van der Waals surface area contributed by atoms with E-state index in [4.69, 9.17) is 0 Å². The van der Waals surface area contributed by atoms with E-state index in [2.05, 4.69) is 14.3 Å². The average molecular weight is 250 g/mol. The first-order chi connectivity index (χ1) is 8.02. The van der Waals surface area contributed by atoms with Crippen molar-refractivity contribution in [3.8, 4) is 11.1 Å². The molecule has 0 radical (unpaired) electrons. The zero-order valence-electron chi connectivity index (χ0n) is 10.0. The summed E-state index contributed by atoms with van der Waals surface area (Å²) in [5.74, 6) is 0. The van der Waals surface area contributed by atoms with Crippen LogP contribution in [0.5, 0.6) is 0 Å². The molecular weight excluding hydrogens is 234 g/mol. The molecule has 17 heavy (non-hydrogen) atoms. The van der Waals surface area contributed by atoms with Crippen molar-refractivity contribution in [1.29, 1.82) is 0 Å². The zero-order valence-corrected chi connectivity index (χ0v) is 11.2. The van der Waals surface area contributed by atoms with E-state index in [0.29, 0.717) is 5.69 Å². The van der Waals surface area contributed by atoms with Gasteiger partial charge in [-0.15, -0.1) is 0 Å². The van der Waals surface area contributed by atoms with Crippen LogP contribution in [0, 0.1) is 0 Å². The first-order valence-electron chi connectivity index (χ1n) is 5.63. The van der Waals surface area contributed by atoms with Gasteiger partial charge in [0.05, 0.1) is 0 Å². The fourth-order valence-corrected chi connectivity index (χ4v) is 1.99. The maximum Gasteiger partial charge on any atom is 0.164 e. The summed E-state index contributed by atoms with van der Waals surface area (Å²) in [6.07, 6.45) is 1.90. The van der Waals surface area contributed by atoms with Crippen LogP contribution in [-0.4, -0.2) is 9.78 Å². The number of hydrogen-bond donors (Lipinski definition) is 0. The van der Waals surface area contributed by atoms with Crippen LogP contribution in [-0.2, 0) is 12.0 Å². The lowest BCUT2D eigenvalue weighted by Gasteiger charge is -2.13. The van der Waals surface area contributed by atoms with Crippen molar-refractivity contribution in [1.82, 2.24) is 9.78 Å². The van der Waals surface area contributed by atoms with Crippen LogP contribution in [0.1, 0.15) is 19.5 Å². The van der Waals surface area contributed by atoms with E-state index < -0.39 is 5.41 Å². The molecule has 1 aromatic carbocycles. The summed E-state index contributed by atoms with van der Waals surface area (Å²) in [6.45, 7) is 4.23. The Morgan fingerprint density at radius 2 is 2.00 bits per heavy atom. The molecule has 2 unspecified atom stereocenters. The Labute approximate surface area is 103 Å². The second-order valence-electron chi connectivity index (χ2n) is 4.19. The minimum atomic E-state index is -1.51. The van der Waals surface area contributed by atoms with Crippen LogP contribution in [0.15, 0.2) is 36.5 Å². The quantitative estimate of drug-likeness (QED) is 0.761. The summed E-state index contributed by atoms with van der Waals surface area (Å²) in [5.41, 5.74) is 2.32. The minimum Gasteiger partial charge on any atom is -0.272 e. The molecule has 0 saturated carbocycles. The van der Waals surface area contributed by atoms with Crippen LogP contribution in [0.2, 0.25) is 0 Å². The largest absolute Gasteiger partial charge is 0.272 e. The number of rotatable bonds is 3. The summed E-state index contributed by atoms with van der Waals surface area (Å²) >= 11 is 0. The minimum absolute atomic E-state index is 0.468. The van der Waals surface area contributed by atoms with Crippen molar-refractivity contribution in [3.05, 3.63) is 42.2 Å². The number of hydrogen-bond acceptors (Lipinski definition) is 1. The van der Waals surface area contributed by atoms with Gasteiger partial charge in [0.15, 0.2) is 5.41 Å². The fourth-order valence-electron chi connectivity index (χ4n) is 1.77. The maximum atomic E-state index is 14.1. The number of aryl methyl sites for hydroxylation is 1. The molecule has 1 aromatic heterocycles. The highest BCUT2D eigenvalue weighted by molar-refractivity contribution is 7.18. The Morgan fingerprint density at radius 1 is 1.35 bits per heavy atom. The monoisotopic (exact) mass is 250 g/mol. The van der Waals surface area contributed by atoms with E-state index in [1.807, 2.05) is 43.5 Å². The molecule has 0 spiro atoms. The molecule has 0 aliphatic rings. The van der Waals surface area contributed by atoms with Gasteiger partial charge in [0.1, 0.15) is 5.69 Å². The molecule has 1 heterocycles. The Morgan fingerprint density at radius 3 is 2.53 bits per heavy atom. The molecule has 0 amide bonds. The number of alkyl halides is 1. The lowest BCUT2D eigenvalue weighted by Crippen LogP contribution is -2.08. The second-order valence-corrected chi connectivity index (χ2v) is 5.27. The highest BCUT2D eigenvalue weighted by atomic mass is 31.0. The lowest BCUT2D eigenvalue weighted by molar-refractivity contribution is 0.313. The summed E-state index contributed by atoms with van der Waals surface area (Å²) in [5, 5.41) is 2.79. The third kappa shape index (κ3) is 2.55. The normalized spacial score (nSPS) is 14.6. The third-order valence-electron chi connectivity index (χ3n) is 2.63. The van der Waals surface area contributed by atoms with E-state index in [1.54, 1.807) is 4.68 Å². The molecule has 2 atom stereocenters. The predicted molar refractivity (Wildman–Crippen MR) is 71.5 cm³/mol. The molecule has 0 fully saturated rings. The van der Waals surface area contributed by atoms with Gasteiger partial charge in [-0.25, -0.2) is 4.39 Å². The van der Waals surface area contributed by atoms with Gasteiger partial charge < -0.3 is 0 Å². The van der Waals surface area contributed by atoms with Crippen molar-refractivity contribution >= 4 is 9.24 Å². The molecule has 2 aromatic rings. The number of benzene rings is 1. The molecular formula is C13H16FN2P. The topological polar surface area (TPSA) is 17.8 Å². The standard InChI is InChI=1S/C13H16FN2P/c1-3-16-9-11(10-7-5-4-6-8-10)12(15-16)13(2,14)17/h4-9H,3,17H2,1-2H3. The molecule has 0 aliphatic carbocycles. The van der Waals surface area contributed by atoms with E-state index in [-0.39, 0.29) is 0 Å². The highest BCUT2D eigenvalue weighted by Gasteiger charge is 2.27. The summed E-state index contributed by atoms with van der Waals surface area (Å²) < 4.78 is 15.9. The molecule has 0 saturated heterocycles. The van der Waals surface area contributed by atoms with Gasteiger partial charge in [0, 0.05) is 18.3 Å². The number of aromatic nitrogens is 2. The second kappa shape index (κ2) is 4.58. The predicted octanol–water partition coefficient (Wildman–Crippen LogP) is 3.59. The van der Waals surface area contributed by atoms with Crippen LogP contribution in [0.4, 0.5) is 4.39 Å². The van der Waals surface area contributed by atoms with Crippen LogP contribution < -0.4 is 0 Å². The van der Waals surface area contributed by atoms with E-state index >= 15 is 0 Å². The molecule has 2 nitrogen and oxygen atoms in total. The SMILES string of the molecule is CCn1cc(-c2ccccc2)c(C(C)(F)P)n1. The Bertz CT molecular complexity index is 500. The van der Waals surface area contributed by atoms with Crippen molar-refractivity contribution in [2.45, 2.75) is 25.8 Å². The molecule has 2 rings (SSSR count). The van der Waals surface area contributed by atoms with Gasteiger partial charge in [-0.05, 0) is 19.4 Å². The zero-order chi connectivity index (χ0) is 12.5. The molecule has 0 N–H and O–H groups in total. The maximum absolute atomic E-state index is 14.1. The fraction of sp³-hybridized carbons (Fsp3) is 0.308. The van der Waals surface area contributed by atoms with Crippen molar-refractivity contribution in [3.63, 3.8) is 0 Å². The van der Waals surface area contributed by atoms with Crippen LogP contribution in [0.3, 0.4) is 0 Å². The molecule has 4 heteroatoms. The number of halogens is 1. The van der Waals surface area contributed by atoms with Crippen LogP contribution in [0.25, 0.3) is 11.1 Å². The smallest absolute Gasteiger partial charge is 0.164 e. The third-order valence-corrected chi connectivity index (χ3v) is 2.91. The molecule has 90 valence electrons. The Hall–Kier alpha value is -1.21. The summed E-state index contributed by atoms with van der Waals surface area (Å²) in [4.78, 5) is 0. The van der Waals surface area contributed by atoms with Gasteiger partial charge in [-0.2, -0.15) is 5.10 Å². The van der Waals surface area contributed by atoms with E-state index in [0.717, 1.165) is 17.7 Å². The van der Waals surface area contributed by atoms with Crippen molar-refractivity contribution in [2.75, 3.05) is 0 Å². The highest BCUT2D eigenvalue weighted by Crippen LogP contribution is 2.37. The Balaban J connectivity index is 2.57. The average Bonchev–Trinajstić information content (AvgIpc) is 2.74.